The predicted octanol–water partition coefficient (Wildman–Crippen LogP) is 3.33. The first kappa shape index (κ1) is 20.1. The van der Waals surface area contributed by atoms with Gasteiger partial charge < -0.3 is 0 Å². The second kappa shape index (κ2) is 4.82. The molecule has 0 fully saturated rings. The van der Waals surface area contributed by atoms with Gasteiger partial charge in [0.2, 0.25) is 0 Å². The van der Waals surface area contributed by atoms with Gasteiger partial charge in [-0.3, -0.25) is 4.55 Å². The number of halogens is 11. The molecular weight excluding hydrogens is 361 g/mol. The molecule has 0 aromatic rings. The van der Waals surface area contributed by atoms with E-state index in [2.05, 4.69) is 0 Å². The van der Waals surface area contributed by atoms with E-state index in [1.807, 2.05) is 0 Å². The zero-order valence-corrected chi connectivity index (χ0v) is 9.85. The fraction of sp³-hybridized carbons (Fsp3) is 1.00. The molecule has 0 radical (unpaired) electrons. The van der Waals surface area contributed by atoms with E-state index in [9.17, 15) is 56.7 Å². The summed E-state index contributed by atoms with van der Waals surface area (Å²) in [5.74, 6) is -21.7. The SMILES string of the molecule is O=S(=O)(O)C(F)(F)C(F)(F)C(F)(F)C(F)(F)CC(F)(F)F. The molecular formula is C6H3F11O3S. The third-order valence-corrected chi connectivity index (χ3v) is 2.87. The van der Waals surface area contributed by atoms with E-state index in [-0.39, 0.29) is 0 Å². The topological polar surface area (TPSA) is 54.4 Å². The zero-order chi connectivity index (χ0) is 17.7. The third kappa shape index (κ3) is 3.32. The first-order chi connectivity index (χ1) is 8.71. The summed E-state index contributed by atoms with van der Waals surface area (Å²) < 4.78 is 163. The minimum Gasteiger partial charge on any atom is -0.281 e. The molecule has 0 aliphatic carbocycles. The molecule has 0 saturated carbocycles. The highest BCUT2D eigenvalue weighted by molar-refractivity contribution is 7.87. The van der Waals surface area contributed by atoms with Crippen molar-refractivity contribution in [3.8, 4) is 0 Å². The average molecular weight is 364 g/mol. The van der Waals surface area contributed by atoms with Crippen molar-refractivity contribution >= 4 is 10.1 Å². The standard InChI is InChI=1S/C6H3F11O3S/c7-2(8,1-3(9,10)11)4(12,13)5(14,15)6(16,17)21(18,19)20/h1H2,(H,18,19,20). The van der Waals surface area contributed by atoms with Gasteiger partial charge in [0.05, 0.1) is 0 Å². The highest BCUT2D eigenvalue weighted by Gasteiger charge is 2.85. The molecule has 0 heterocycles. The molecule has 128 valence electrons. The molecule has 0 spiro atoms. The predicted molar refractivity (Wildman–Crippen MR) is 42.0 cm³/mol. The van der Waals surface area contributed by atoms with Gasteiger partial charge in [-0.1, -0.05) is 0 Å². The number of rotatable bonds is 5. The molecule has 0 unspecified atom stereocenters. The number of alkyl halides is 11. The summed E-state index contributed by atoms with van der Waals surface area (Å²) >= 11 is 0. The van der Waals surface area contributed by atoms with Crippen LogP contribution in [0.15, 0.2) is 0 Å². The summed E-state index contributed by atoms with van der Waals surface area (Å²) in [4.78, 5) is 0. The molecule has 0 bridgehead atoms. The van der Waals surface area contributed by atoms with Gasteiger partial charge in [0.1, 0.15) is 6.42 Å². The smallest absolute Gasteiger partial charge is 0.281 e. The monoisotopic (exact) mass is 364 g/mol. The zero-order valence-electron chi connectivity index (χ0n) is 9.04. The summed E-state index contributed by atoms with van der Waals surface area (Å²) in [5, 5.41) is -7.15. The van der Waals surface area contributed by atoms with E-state index in [0.29, 0.717) is 0 Å². The van der Waals surface area contributed by atoms with Crippen LogP contribution in [0.2, 0.25) is 0 Å². The molecule has 0 atom stereocenters. The van der Waals surface area contributed by atoms with Gasteiger partial charge in [-0.15, -0.1) is 0 Å². The third-order valence-electron chi connectivity index (χ3n) is 1.97. The maximum absolute atomic E-state index is 12.7. The van der Waals surface area contributed by atoms with Crippen LogP contribution in [-0.4, -0.2) is 42.2 Å². The summed E-state index contributed by atoms with van der Waals surface area (Å²) in [7, 11) is -7.33. The van der Waals surface area contributed by atoms with Crippen LogP contribution in [0.25, 0.3) is 0 Å². The minimum atomic E-state index is -7.53. The highest BCUT2D eigenvalue weighted by atomic mass is 32.2. The first-order valence-corrected chi connectivity index (χ1v) is 5.70. The van der Waals surface area contributed by atoms with Crippen LogP contribution in [0.4, 0.5) is 48.3 Å². The maximum atomic E-state index is 12.7. The Kier molecular flexibility index (Phi) is 4.62. The molecule has 1 N–H and O–H groups in total. The molecule has 0 saturated heterocycles. The second-order valence-electron chi connectivity index (χ2n) is 3.64. The van der Waals surface area contributed by atoms with Crippen molar-refractivity contribution in [1.82, 2.24) is 0 Å². The van der Waals surface area contributed by atoms with Crippen LogP contribution in [0.3, 0.4) is 0 Å². The Bertz CT molecular complexity index is 491. The van der Waals surface area contributed by atoms with Gasteiger partial charge in [-0.25, -0.2) is 0 Å². The highest BCUT2D eigenvalue weighted by Crippen LogP contribution is 2.56. The van der Waals surface area contributed by atoms with Crippen molar-refractivity contribution < 1.29 is 61.3 Å². The molecule has 3 nitrogen and oxygen atoms in total. The lowest BCUT2D eigenvalue weighted by atomic mass is 10.0. The summed E-state index contributed by atoms with van der Waals surface area (Å²) in [6.45, 7) is 0. The van der Waals surface area contributed by atoms with Gasteiger partial charge in [0.15, 0.2) is 0 Å². The van der Waals surface area contributed by atoms with Crippen molar-refractivity contribution in [2.45, 2.75) is 35.6 Å². The number of hydrogen-bond acceptors (Lipinski definition) is 2. The van der Waals surface area contributed by atoms with Gasteiger partial charge in [0, 0.05) is 0 Å². The first-order valence-electron chi connectivity index (χ1n) is 4.26. The van der Waals surface area contributed by atoms with Gasteiger partial charge >= 0.3 is 39.3 Å². The second-order valence-corrected chi connectivity index (χ2v) is 5.10. The van der Waals surface area contributed by atoms with Crippen LogP contribution < -0.4 is 0 Å². The van der Waals surface area contributed by atoms with Crippen LogP contribution in [0, 0.1) is 0 Å². The van der Waals surface area contributed by atoms with Crippen LogP contribution in [-0.2, 0) is 10.1 Å². The molecule has 0 aliphatic rings. The lowest BCUT2D eigenvalue weighted by Crippen LogP contribution is -2.64. The van der Waals surface area contributed by atoms with E-state index in [4.69, 9.17) is 4.55 Å². The van der Waals surface area contributed by atoms with E-state index < -0.39 is 45.7 Å². The lowest BCUT2D eigenvalue weighted by molar-refractivity contribution is -0.362. The van der Waals surface area contributed by atoms with E-state index in [1.54, 1.807) is 0 Å². The van der Waals surface area contributed by atoms with Crippen molar-refractivity contribution in [1.29, 1.82) is 0 Å². The average Bonchev–Trinajstić information content (AvgIpc) is 2.10. The van der Waals surface area contributed by atoms with Crippen LogP contribution in [0.5, 0.6) is 0 Å². The Morgan fingerprint density at radius 3 is 1.29 bits per heavy atom. The molecule has 0 amide bonds. The molecule has 0 aromatic carbocycles. The van der Waals surface area contributed by atoms with Gasteiger partial charge in [-0.05, 0) is 0 Å². The van der Waals surface area contributed by atoms with Gasteiger partial charge in [0.25, 0.3) is 0 Å². The van der Waals surface area contributed by atoms with E-state index >= 15 is 0 Å². The molecule has 0 rings (SSSR count). The Morgan fingerprint density at radius 1 is 0.714 bits per heavy atom. The number of hydrogen-bond donors (Lipinski definition) is 1. The molecule has 0 aromatic heterocycles. The largest absolute Gasteiger partial charge is 0.438 e. The van der Waals surface area contributed by atoms with Crippen molar-refractivity contribution in [2.75, 3.05) is 0 Å². The molecule has 0 aliphatic heterocycles. The quantitative estimate of drug-likeness (QED) is 0.602. The summed E-state index contributed by atoms with van der Waals surface area (Å²) in [5.41, 5.74) is 0. The fourth-order valence-corrected chi connectivity index (χ4v) is 1.39. The van der Waals surface area contributed by atoms with Crippen LogP contribution in [0.1, 0.15) is 6.42 Å². The van der Waals surface area contributed by atoms with Crippen molar-refractivity contribution in [2.24, 2.45) is 0 Å². The Labute approximate surface area is 108 Å². The normalized spacial score (nSPS) is 16.2. The van der Waals surface area contributed by atoms with E-state index in [0.717, 1.165) is 0 Å². The van der Waals surface area contributed by atoms with Crippen molar-refractivity contribution in [3.05, 3.63) is 0 Å². The van der Waals surface area contributed by atoms with Crippen LogP contribution >= 0.6 is 0 Å². The minimum absolute atomic E-state index is 3.93. The van der Waals surface area contributed by atoms with E-state index in [1.165, 1.54) is 0 Å². The summed E-state index contributed by atoms with van der Waals surface area (Å²) in [6, 6.07) is 0. The van der Waals surface area contributed by atoms with Crippen molar-refractivity contribution in [3.63, 3.8) is 0 Å². The Hall–Kier alpha value is -0.860. The van der Waals surface area contributed by atoms with Gasteiger partial charge in [-0.2, -0.15) is 56.7 Å². The molecule has 15 heteroatoms. The molecule has 21 heavy (non-hydrogen) atoms. The fourth-order valence-electron chi connectivity index (χ4n) is 0.937. The Morgan fingerprint density at radius 2 is 1.05 bits per heavy atom. The Balaban J connectivity index is 6.01. The lowest BCUT2D eigenvalue weighted by Gasteiger charge is -2.35. The maximum Gasteiger partial charge on any atom is 0.438 e. The summed E-state index contributed by atoms with van der Waals surface area (Å²) in [6.07, 6.45) is -10.1.